The highest BCUT2D eigenvalue weighted by atomic mass is 32.2. The van der Waals surface area contributed by atoms with Crippen LogP contribution in [0.3, 0.4) is 0 Å². The van der Waals surface area contributed by atoms with Crippen molar-refractivity contribution in [2.75, 3.05) is 13.1 Å². The van der Waals surface area contributed by atoms with Crippen molar-refractivity contribution in [1.82, 2.24) is 14.5 Å². The molecular weight excluding hydrogens is 442 g/mol. The van der Waals surface area contributed by atoms with E-state index >= 15 is 0 Å². The van der Waals surface area contributed by atoms with E-state index in [0.29, 0.717) is 27.4 Å². The van der Waals surface area contributed by atoms with Gasteiger partial charge in [-0.15, -0.1) is 0 Å². The van der Waals surface area contributed by atoms with Gasteiger partial charge in [-0.25, -0.2) is 4.98 Å². The second-order valence-corrected chi connectivity index (χ2v) is 9.83. The number of thioether (sulfide) groups is 1. The standard InChI is InChI=1S/C28H27N3O2S/c1-19-14-20(2)16-23(15-19)31-27(33)24-11-10-22(26(32)30-12-6-7-13-30)17-25(24)29-28(31)34-18-21-8-4-3-5-9-21/h3-5,8-11,14-17H,6-7,12-13,18H2,1-2H3. The average molecular weight is 470 g/mol. The molecule has 5 nitrogen and oxygen atoms in total. The molecule has 0 saturated carbocycles. The largest absolute Gasteiger partial charge is 0.339 e. The Morgan fingerprint density at radius 2 is 1.65 bits per heavy atom. The number of aromatic nitrogens is 2. The van der Waals surface area contributed by atoms with Crippen molar-refractivity contribution in [1.29, 1.82) is 0 Å². The van der Waals surface area contributed by atoms with Crippen LogP contribution in [0.4, 0.5) is 0 Å². The molecule has 1 fully saturated rings. The number of amides is 1. The summed E-state index contributed by atoms with van der Waals surface area (Å²) in [5.74, 6) is 0.703. The van der Waals surface area contributed by atoms with Crippen molar-refractivity contribution in [2.24, 2.45) is 0 Å². The molecule has 1 aliphatic heterocycles. The zero-order valence-electron chi connectivity index (χ0n) is 19.5. The van der Waals surface area contributed by atoms with E-state index in [1.54, 1.807) is 22.8 Å². The Morgan fingerprint density at radius 1 is 0.941 bits per heavy atom. The maximum Gasteiger partial charge on any atom is 0.266 e. The summed E-state index contributed by atoms with van der Waals surface area (Å²) in [4.78, 5) is 33.5. The van der Waals surface area contributed by atoms with Crippen LogP contribution in [0.25, 0.3) is 16.6 Å². The Morgan fingerprint density at radius 3 is 2.35 bits per heavy atom. The lowest BCUT2D eigenvalue weighted by Gasteiger charge is -2.17. The summed E-state index contributed by atoms with van der Waals surface area (Å²) < 4.78 is 1.71. The normalized spacial score (nSPS) is 13.5. The highest BCUT2D eigenvalue weighted by molar-refractivity contribution is 7.98. The van der Waals surface area contributed by atoms with Crippen molar-refractivity contribution >= 4 is 28.6 Å². The van der Waals surface area contributed by atoms with Gasteiger partial charge in [0.2, 0.25) is 0 Å². The Bertz CT molecular complexity index is 1400. The van der Waals surface area contributed by atoms with Gasteiger partial charge in [0.25, 0.3) is 11.5 Å². The molecule has 0 radical (unpaired) electrons. The van der Waals surface area contributed by atoms with Gasteiger partial charge in [0.1, 0.15) is 0 Å². The highest BCUT2D eigenvalue weighted by Gasteiger charge is 2.21. The number of nitrogens with zero attached hydrogens (tertiary/aromatic N) is 3. The van der Waals surface area contributed by atoms with Crippen molar-refractivity contribution in [3.05, 3.63) is 99.3 Å². The molecule has 0 bridgehead atoms. The first kappa shape index (κ1) is 22.4. The topological polar surface area (TPSA) is 55.2 Å². The van der Waals surface area contributed by atoms with E-state index in [9.17, 15) is 9.59 Å². The number of fused-ring (bicyclic) bond motifs is 1. The molecule has 172 valence electrons. The molecule has 2 heterocycles. The molecule has 5 rings (SSSR count). The number of carbonyl (C=O) groups is 1. The van der Waals surface area contributed by atoms with Gasteiger partial charge in [-0.1, -0.05) is 48.2 Å². The lowest BCUT2D eigenvalue weighted by atomic mass is 10.1. The van der Waals surface area contributed by atoms with E-state index < -0.39 is 0 Å². The maximum absolute atomic E-state index is 13.7. The fraction of sp³-hybridized carbons (Fsp3) is 0.250. The monoisotopic (exact) mass is 469 g/mol. The Balaban J connectivity index is 1.63. The SMILES string of the molecule is Cc1cc(C)cc(-n2c(SCc3ccccc3)nc3cc(C(=O)N4CCCC4)ccc3c2=O)c1. The minimum Gasteiger partial charge on any atom is -0.339 e. The number of rotatable bonds is 5. The first-order valence-electron chi connectivity index (χ1n) is 11.6. The molecule has 0 atom stereocenters. The summed E-state index contributed by atoms with van der Waals surface area (Å²) in [5.41, 5.74) is 5.18. The van der Waals surface area contributed by atoms with Crippen LogP contribution in [0.5, 0.6) is 0 Å². The van der Waals surface area contributed by atoms with Crippen LogP contribution in [0.15, 0.2) is 76.7 Å². The smallest absolute Gasteiger partial charge is 0.266 e. The molecule has 34 heavy (non-hydrogen) atoms. The lowest BCUT2D eigenvalue weighted by molar-refractivity contribution is 0.0793. The maximum atomic E-state index is 13.7. The third-order valence-corrected chi connectivity index (χ3v) is 7.16. The van der Waals surface area contributed by atoms with Crippen LogP contribution >= 0.6 is 11.8 Å². The molecule has 6 heteroatoms. The zero-order chi connectivity index (χ0) is 23.7. The van der Waals surface area contributed by atoms with E-state index in [0.717, 1.165) is 48.3 Å². The van der Waals surface area contributed by atoms with E-state index in [1.165, 1.54) is 11.8 Å². The number of hydrogen-bond acceptors (Lipinski definition) is 4. The fourth-order valence-corrected chi connectivity index (χ4v) is 5.50. The van der Waals surface area contributed by atoms with Crippen LogP contribution < -0.4 is 5.56 Å². The minimum atomic E-state index is -0.120. The number of likely N-dealkylation sites (tertiary alicyclic amines) is 1. The number of carbonyl (C=O) groups excluding carboxylic acids is 1. The molecular formula is C28H27N3O2S. The van der Waals surface area contributed by atoms with Gasteiger partial charge in [-0.2, -0.15) is 0 Å². The Kier molecular flexibility index (Phi) is 6.24. The summed E-state index contributed by atoms with van der Waals surface area (Å²) >= 11 is 1.53. The molecule has 1 aromatic heterocycles. The lowest BCUT2D eigenvalue weighted by Crippen LogP contribution is -2.28. The Hall–Kier alpha value is -3.38. The molecule has 1 amide bonds. The summed E-state index contributed by atoms with van der Waals surface area (Å²) in [6.07, 6.45) is 2.08. The van der Waals surface area contributed by atoms with Crippen molar-refractivity contribution in [2.45, 2.75) is 37.6 Å². The van der Waals surface area contributed by atoms with Gasteiger partial charge in [-0.05, 0) is 73.7 Å². The van der Waals surface area contributed by atoms with E-state index in [4.69, 9.17) is 4.98 Å². The van der Waals surface area contributed by atoms with E-state index in [-0.39, 0.29) is 11.5 Å². The molecule has 1 aliphatic rings. The van der Waals surface area contributed by atoms with Crippen LogP contribution in [-0.2, 0) is 5.75 Å². The van der Waals surface area contributed by atoms with Crippen LogP contribution in [-0.4, -0.2) is 33.4 Å². The first-order valence-corrected chi connectivity index (χ1v) is 12.6. The van der Waals surface area contributed by atoms with E-state index in [2.05, 4.69) is 18.2 Å². The summed E-state index contributed by atoms with van der Waals surface area (Å²) in [5, 5.41) is 1.14. The molecule has 1 saturated heterocycles. The molecule has 4 aromatic rings. The Labute approximate surface area is 203 Å². The van der Waals surface area contributed by atoms with Crippen molar-refractivity contribution in [3.8, 4) is 5.69 Å². The van der Waals surface area contributed by atoms with Gasteiger partial charge in [0, 0.05) is 24.4 Å². The van der Waals surface area contributed by atoms with Gasteiger partial charge < -0.3 is 4.90 Å². The van der Waals surface area contributed by atoms with Crippen LogP contribution in [0.2, 0.25) is 0 Å². The minimum absolute atomic E-state index is 0.0122. The molecule has 0 spiro atoms. The molecule has 0 unspecified atom stereocenters. The second-order valence-electron chi connectivity index (χ2n) is 8.89. The second kappa shape index (κ2) is 9.47. The molecule has 0 aliphatic carbocycles. The predicted molar refractivity (Wildman–Crippen MR) is 138 cm³/mol. The van der Waals surface area contributed by atoms with Crippen LogP contribution in [0.1, 0.15) is 39.9 Å². The summed E-state index contributed by atoms with van der Waals surface area (Å²) in [6, 6.07) is 21.6. The third-order valence-electron chi connectivity index (χ3n) is 6.15. The third kappa shape index (κ3) is 4.50. The fourth-order valence-electron chi connectivity index (χ4n) is 4.53. The number of benzene rings is 3. The predicted octanol–water partition coefficient (Wildman–Crippen LogP) is 5.53. The van der Waals surface area contributed by atoms with Crippen LogP contribution in [0, 0.1) is 13.8 Å². The van der Waals surface area contributed by atoms with Gasteiger partial charge >= 0.3 is 0 Å². The van der Waals surface area contributed by atoms with Gasteiger partial charge in [-0.3, -0.25) is 14.2 Å². The van der Waals surface area contributed by atoms with Gasteiger partial charge in [0.15, 0.2) is 5.16 Å². The van der Waals surface area contributed by atoms with E-state index in [1.807, 2.05) is 49.1 Å². The highest BCUT2D eigenvalue weighted by Crippen LogP contribution is 2.26. The molecule has 3 aromatic carbocycles. The number of hydrogen-bond donors (Lipinski definition) is 0. The summed E-state index contributed by atoms with van der Waals surface area (Å²) in [7, 11) is 0. The average Bonchev–Trinajstić information content (AvgIpc) is 3.37. The summed E-state index contributed by atoms with van der Waals surface area (Å²) in [6.45, 7) is 5.64. The first-order chi connectivity index (χ1) is 16.5. The van der Waals surface area contributed by atoms with Crippen molar-refractivity contribution < 1.29 is 4.79 Å². The quantitative estimate of drug-likeness (QED) is 0.285. The van der Waals surface area contributed by atoms with Crippen molar-refractivity contribution in [3.63, 3.8) is 0 Å². The zero-order valence-corrected chi connectivity index (χ0v) is 20.3. The van der Waals surface area contributed by atoms with Gasteiger partial charge in [0.05, 0.1) is 16.6 Å². The number of aryl methyl sites for hydroxylation is 2. The molecule has 0 N–H and O–H groups in total.